The second-order valence-corrected chi connectivity index (χ2v) is 7.72. The summed E-state index contributed by atoms with van der Waals surface area (Å²) in [5, 5.41) is 0. The zero-order valence-electron chi connectivity index (χ0n) is 22.4. The van der Waals surface area contributed by atoms with Crippen molar-refractivity contribution in [3.05, 3.63) is 59.1 Å². The zero-order chi connectivity index (χ0) is 25.8. The Hall–Kier alpha value is -3.28. The Morgan fingerprint density at radius 1 is 0.571 bits per heavy atom. The van der Waals surface area contributed by atoms with Crippen molar-refractivity contribution in [2.75, 3.05) is 26.4 Å². The van der Waals surface area contributed by atoms with Gasteiger partial charge < -0.3 is 28.4 Å². The third-order valence-corrected chi connectivity index (χ3v) is 5.22. The van der Waals surface area contributed by atoms with Crippen LogP contribution >= 0.6 is 0 Å². The van der Waals surface area contributed by atoms with Crippen LogP contribution in [0.15, 0.2) is 36.8 Å². The lowest BCUT2D eigenvalue weighted by molar-refractivity contribution is 0.279. The first-order valence-electron chi connectivity index (χ1n) is 12.4. The third-order valence-electron chi connectivity index (χ3n) is 5.22. The fraction of sp³-hybridized carbons (Fsp3) is 0.448. The molecule has 2 aromatic carbocycles. The highest BCUT2D eigenvalue weighted by molar-refractivity contribution is 5.63. The molecule has 35 heavy (non-hydrogen) atoms. The van der Waals surface area contributed by atoms with Crippen LogP contribution in [-0.2, 0) is 6.42 Å². The normalized spacial score (nSPS) is 11.2. The molecular formula is C29H40O6. The van der Waals surface area contributed by atoms with E-state index in [1.807, 2.05) is 79.7 Å². The monoisotopic (exact) mass is 484 g/mol. The van der Waals surface area contributed by atoms with Crippen LogP contribution in [0.2, 0.25) is 0 Å². The van der Waals surface area contributed by atoms with E-state index < -0.39 is 0 Å². The first-order chi connectivity index (χ1) is 17.0. The number of hydrogen-bond acceptors (Lipinski definition) is 6. The molecule has 0 aromatic heterocycles. The van der Waals surface area contributed by atoms with Gasteiger partial charge in [-0.25, -0.2) is 0 Å². The minimum Gasteiger partial charge on any atom is -0.490 e. The molecule has 0 saturated carbocycles. The Labute approximate surface area is 210 Å². The molecule has 0 spiro atoms. The molecule has 2 rings (SSSR count). The summed E-state index contributed by atoms with van der Waals surface area (Å²) in [4.78, 5) is 0. The highest BCUT2D eigenvalue weighted by Gasteiger charge is 2.24. The quantitative estimate of drug-likeness (QED) is 0.262. The van der Waals surface area contributed by atoms with E-state index in [0.717, 1.165) is 22.3 Å². The maximum atomic E-state index is 6.12. The second kappa shape index (κ2) is 14.2. The van der Waals surface area contributed by atoms with Crippen LogP contribution in [0.4, 0.5) is 0 Å². The van der Waals surface area contributed by atoms with Crippen LogP contribution in [0.25, 0.3) is 0 Å². The van der Waals surface area contributed by atoms with Gasteiger partial charge in [-0.2, -0.15) is 0 Å². The van der Waals surface area contributed by atoms with Crippen LogP contribution in [0, 0.1) is 13.8 Å². The summed E-state index contributed by atoms with van der Waals surface area (Å²) in [6.07, 6.45) is 7.53. The highest BCUT2D eigenvalue weighted by atomic mass is 16.5. The number of hydrogen-bond donors (Lipinski definition) is 0. The van der Waals surface area contributed by atoms with Crippen LogP contribution < -0.4 is 28.4 Å². The minimum atomic E-state index is 0.504. The largest absolute Gasteiger partial charge is 0.490 e. The van der Waals surface area contributed by atoms with Gasteiger partial charge in [-0.15, -0.1) is 0 Å². The number of ether oxygens (including phenoxy) is 6. The van der Waals surface area contributed by atoms with Crippen LogP contribution in [0.3, 0.4) is 0 Å². The first kappa shape index (κ1) is 28.0. The average Bonchev–Trinajstić information content (AvgIpc) is 2.85. The van der Waals surface area contributed by atoms with E-state index in [-0.39, 0.29) is 0 Å². The Balaban J connectivity index is 2.79. The molecule has 0 bridgehead atoms. The Kier molecular flexibility index (Phi) is 11.3. The van der Waals surface area contributed by atoms with Crippen molar-refractivity contribution in [3.63, 3.8) is 0 Å². The molecule has 6 heteroatoms. The van der Waals surface area contributed by atoms with E-state index in [0.29, 0.717) is 67.3 Å². The number of benzene rings is 2. The standard InChI is InChI=1S/C29H40O6/c1-9-15-34-24-18-22(28(32-13-5)26(20(24)7)30-11-3)17-23-19-25(35-16-10-2)21(8)27(31-12-4)29(23)33-14-6/h9-10,15-16,18-19H,11-14,17H2,1-8H3. The van der Waals surface area contributed by atoms with Gasteiger partial charge in [0.15, 0.2) is 23.0 Å². The van der Waals surface area contributed by atoms with Gasteiger partial charge >= 0.3 is 0 Å². The summed E-state index contributed by atoms with van der Waals surface area (Å²) in [7, 11) is 0. The fourth-order valence-electron chi connectivity index (χ4n) is 3.76. The summed E-state index contributed by atoms with van der Waals surface area (Å²) in [5.41, 5.74) is 3.62. The molecule has 0 aliphatic carbocycles. The predicted molar refractivity (Wildman–Crippen MR) is 141 cm³/mol. The van der Waals surface area contributed by atoms with Gasteiger partial charge in [0, 0.05) is 28.7 Å². The molecule has 0 atom stereocenters. The van der Waals surface area contributed by atoms with Crippen LogP contribution in [0.5, 0.6) is 34.5 Å². The molecule has 0 unspecified atom stereocenters. The second-order valence-electron chi connectivity index (χ2n) is 7.72. The van der Waals surface area contributed by atoms with E-state index in [9.17, 15) is 0 Å². The molecule has 192 valence electrons. The van der Waals surface area contributed by atoms with Gasteiger partial charge in [0.2, 0.25) is 0 Å². The Bertz CT molecular complexity index is 941. The summed E-state index contributed by atoms with van der Waals surface area (Å²) >= 11 is 0. The number of allylic oxidation sites excluding steroid dienone is 2. The van der Waals surface area contributed by atoms with Gasteiger partial charge in [0.05, 0.1) is 39.0 Å². The third kappa shape index (κ3) is 6.87. The van der Waals surface area contributed by atoms with Gasteiger partial charge in [-0.1, -0.05) is 12.2 Å². The fourth-order valence-corrected chi connectivity index (χ4v) is 3.76. The lowest BCUT2D eigenvalue weighted by Crippen LogP contribution is -2.08. The molecule has 2 aromatic rings. The summed E-state index contributed by atoms with van der Waals surface area (Å²) in [6, 6.07) is 4.01. The smallest absolute Gasteiger partial charge is 0.168 e. The maximum Gasteiger partial charge on any atom is 0.168 e. The SMILES string of the molecule is CC=COc1cc(Cc2cc(OC=CC)c(C)c(OCC)c2OCC)c(OCC)c(OCC)c1C. The lowest BCUT2D eigenvalue weighted by Gasteiger charge is -2.22. The minimum absolute atomic E-state index is 0.504. The summed E-state index contributed by atoms with van der Waals surface area (Å²) < 4.78 is 36.1. The zero-order valence-corrected chi connectivity index (χ0v) is 22.4. The van der Waals surface area contributed by atoms with E-state index in [1.54, 1.807) is 12.5 Å². The maximum absolute atomic E-state index is 6.12. The summed E-state index contributed by atoms with van der Waals surface area (Å²) in [5.74, 6) is 4.21. The van der Waals surface area contributed by atoms with E-state index >= 15 is 0 Å². The molecule has 0 radical (unpaired) electrons. The highest BCUT2D eigenvalue weighted by Crippen LogP contribution is 2.46. The Morgan fingerprint density at radius 3 is 1.23 bits per heavy atom. The topological polar surface area (TPSA) is 55.4 Å². The van der Waals surface area contributed by atoms with Crippen molar-refractivity contribution < 1.29 is 28.4 Å². The molecule has 0 amide bonds. The van der Waals surface area contributed by atoms with Crippen LogP contribution in [0.1, 0.15) is 63.8 Å². The molecule has 0 aliphatic rings. The molecule has 6 nitrogen and oxygen atoms in total. The van der Waals surface area contributed by atoms with Gasteiger partial charge in [0.25, 0.3) is 0 Å². The van der Waals surface area contributed by atoms with Crippen molar-refractivity contribution in [2.24, 2.45) is 0 Å². The molecule has 0 saturated heterocycles. The number of rotatable bonds is 14. The lowest BCUT2D eigenvalue weighted by atomic mass is 9.98. The van der Waals surface area contributed by atoms with Crippen molar-refractivity contribution >= 4 is 0 Å². The average molecular weight is 485 g/mol. The van der Waals surface area contributed by atoms with Crippen molar-refractivity contribution in [1.82, 2.24) is 0 Å². The van der Waals surface area contributed by atoms with Crippen molar-refractivity contribution in [1.29, 1.82) is 0 Å². The van der Waals surface area contributed by atoms with Gasteiger partial charge in [-0.05, 0) is 67.5 Å². The molecule has 0 aliphatic heterocycles. The van der Waals surface area contributed by atoms with E-state index in [2.05, 4.69) is 0 Å². The van der Waals surface area contributed by atoms with Crippen molar-refractivity contribution in [2.45, 2.75) is 61.8 Å². The Morgan fingerprint density at radius 2 is 0.914 bits per heavy atom. The summed E-state index contributed by atoms with van der Waals surface area (Å²) in [6.45, 7) is 17.7. The molecular weight excluding hydrogens is 444 g/mol. The molecule has 0 heterocycles. The molecule has 0 N–H and O–H groups in total. The van der Waals surface area contributed by atoms with Gasteiger partial charge in [0.1, 0.15) is 11.5 Å². The predicted octanol–water partition coefficient (Wildman–Crippen LogP) is 7.31. The van der Waals surface area contributed by atoms with E-state index in [1.165, 1.54) is 0 Å². The van der Waals surface area contributed by atoms with Crippen molar-refractivity contribution in [3.8, 4) is 34.5 Å². The molecule has 0 fully saturated rings. The first-order valence-corrected chi connectivity index (χ1v) is 12.4. The van der Waals surface area contributed by atoms with Crippen LogP contribution in [-0.4, -0.2) is 26.4 Å². The van der Waals surface area contributed by atoms with Gasteiger partial charge in [-0.3, -0.25) is 0 Å². The van der Waals surface area contributed by atoms with E-state index in [4.69, 9.17) is 28.4 Å².